The van der Waals surface area contributed by atoms with Gasteiger partial charge in [0.1, 0.15) is 4.64 Å². The number of aromatic amines is 1. The number of hydrogen-bond acceptors (Lipinski definition) is 3. The topological polar surface area (TPSA) is 31.9 Å². The lowest BCUT2D eigenvalue weighted by Gasteiger charge is -2.15. The second-order valence-corrected chi connectivity index (χ2v) is 4.34. The van der Waals surface area contributed by atoms with Crippen LogP contribution in [-0.2, 0) is 0 Å². The molecule has 0 aliphatic heterocycles. The highest BCUT2D eigenvalue weighted by Crippen LogP contribution is 2.19. The molecule has 3 nitrogen and oxygen atoms in total. The molecule has 1 heterocycles. The fraction of sp³-hybridized carbons (Fsp3) is 0.600. The summed E-state index contributed by atoms with van der Waals surface area (Å²) < 4.78 is 0.708. The Labute approximate surface area is 90.2 Å². The molecule has 0 atom stereocenters. The SMILES string of the molecule is Cc1[nH]c(N(C)C)nc(=S)c1C(C)C. The van der Waals surface area contributed by atoms with Crippen LogP contribution in [0.1, 0.15) is 31.0 Å². The van der Waals surface area contributed by atoms with Crippen molar-refractivity contribution in [1.29, 1.82) is 0 Å². The summed E-state index contributed by atoms with van der Waals surface area (Å²) in [5.41, 5.74) is 2.26. The summed E-state index contributed by atoms with van der Waals surface area (Å²) in [6.45, 7) is 6.30. The predicted octanol–water partition coefficient (Wildman–Crippen LogP) is 2.64. The van der Waals surface area contributed by atoms with Crippen LogP contribution < -0.4 is 4.90 Å². The van der Waals surface area contributed by atoms with Crippen LogP contribution in [0.2, 0.25) is 0 Å². The molecule has 1 aromatic heterocycles. The highest BCUT2D eigenvalue weighted by atomic mass is 32.1. The van der Waals surface area contributed by atoms with E-state index >= 15 is 0 Å². The molecule has 1 rings (SSSR count). The van der Waals surface area contributed by atoms with Gasteiger partial charge in [-0.25, -0.2) is 4.98 Å². The second kappa shape index (κ2) is 4.09. The van der Waals surface area contributed by atoms with Crippen molar-refractivity contribution in [2.24, 2.45) is 0 Å². The largest absolute Gasteiger partial charge is 0.349 e. The van der Waals surface area contributed by atoms with Crippen molar-refractivity contribution < 1.29 is 0 Å². The van der Waals surface area contributed by atoms with E-state index in [0.29, 0.717) is 10.6 Å². The number of aryl methyl sites for hydroxylation is 1. The van der Waals surface area contributed by atoms with Crippen LogP contribution in [0.3, 0.4) is 0 Å². The minimum Gasteiger partial charge on any atom is -0.349 e. The van der Waals surface area contributed by atoms with Gasteiger partial charge in [-0.1, -0.05) is 26.1 Å². The third-order valence-electron chi connectivity index (χ3n) is 2.14. The summed E-state index contributed by atoms with van der Waals surface area (Å²) in [7, 11) is 3.89. The molecule has 78 valence electrons. The van der Waals surface area contributed by atoms with Gasteiger partial charge in [-0.15, -0.1) is 0 Å². The van der Waals surface area contributed by atoms with Gasteiger partial charge in [0.2, 0.25) is 5.95 Å². The maximum Gasteiger partial charge on any atom is 0.203 e. The van der Waals surface area contributed by atoms with E-state index in [9.17, 15) is 0 Å². The van der Waals surface area contributed by atoms with Crippen molar-refractivity contribution in [3.05, 3.63) is 15.9 Å². The van der Waals surface area contributed by atoms with Crippen LogP contribution >= 0.6 is 12.2 Å². The van der Waals surface area contributed by atoms with E-state index in [4.69, 9.17) is 12.2 Å². The first-order valence-corrected chi connectivity index (χ1v) is 5.12. The van der Waals surface area contributed by atoms with Gasteiger partial charge < -0.3 is 9.88 Å². The highest BCUT2D eigenvalue weighted by molar-refractivity contribution is 7.71. The smallest absolute Gasteiger partial charge is 0.203 e. The zero-order valence-corrected chi connectivity index (χ0v) is 10.2. The molecule has 0 amide bonds. The molecular formula is C10H17N3S. The van der Waals surface area contributed by atoms with Gasteiger partial charge in [0, 0.05) is 25.4 Å². The highest BCUT2D eigenvalue weighted by Gasteiger charge is 2.09. The summed E-state index contributed by atoms with van der Waals surface area (Å²) >= 11 is 5.26. The molecule has 0 aliphatic carbocycles. The van der Waals surface area contributed by atoms with E-state index in [1.54, 1.807) is 0 Å². The quantitative estimate of drug-likeness (QED) is 0.763. The number of hydrogen-bond donors (Lipinski definition) is 1. The van der Waals surface area contributed by atoms with Gasteiger partial charge >= 0.3 is 0 Å². The molecule has 0 radical (unpaired) electrons. The fourth-order valence-corrected chi connectivity index (χ4v) is 1.95. The van der Waals surface area contributed by atoms with Crippen LogP contribution in [0.4, 0.5) is 5.95 Å². The van der Waals surface area contributed by atoms with Crippen molar-refractivity contribution in [2.45, 2.75) is 26.7 Å². The van der Waals surface area contributed by atoms with E-state index in [1.807, 2.05) is 25.9 Å². The maximum absolute atomic E-state index is 5.26. The number of nitrogens with zero attached hydrogens (tertiary/aromatic N) is 2. The van der Waals surface area contributed by atoms with Gasteiger partial charge in [0.25, 0.3) is 0 Å². The normalized spacial score (nSPS) is 10.7. The Balaban J connectivity index is 3.33. The molecule has 0 aliphatic rings. The summed E-state index contributed by atoms with van der Waals surface area (Å²) in [6, 6.07) is 0. The molecule has 4 heteroatoms. The molecule has 0 fully saturated rings. The van der Waals surface area contributed by atoms with Crippen molar-refractivity contribution in [3.63, 3.8) is 0 Å². The van der Waals surface area contributed by atoms with Crippen LogP contribution in [0.25, 0.3) is 0 Å². The fourth-order valence-electron chi connectivity index (χ4n) is 1.47. The van der Waals surface area contributed by atoms with Crippen LogP contribution in [0.15, 0.2) is 0 Å². The lowest BCUT2D eigenvalue weighted by Crippen LogP contribution is -2.14. The van der Waals surface area contributed by atoms with Crippen LogP contribution in [0, 0.1) is 11.6 Å². The van der Waals surface area contributed by atoms with Gasteiger partial charge in [0.05, 0.1) is 0 Å². The molecule has 1 N–H and O–H groups in total. The third-order valence-corrected chi connectivity index (χ3v) is 2.45. The van der Waals surface area contributed by atoms with E-state index in [2.05, 4.69) is 23.8 Å². The van der Waals surface area contributed by atoms with Crippen molar-refractivity contribution in [3.8, 4) is 0 Å². The first-order chi connectivity index (χ1) is 6.43. The minimum absolute atomic E-state index is 0.419. The van der Waals surface area contributed by atoms with E-state index < -0.39 is 0 Å². The average molecular weight is 211 g/mol. The molecule has 0 unspecified atom stereocenters. The molecule has 1 aromatic rings. The standard InChI is InChI=1S/C10H17N3S/c1-6(2)8-7(3)11-10(13(4)5)12-9(8)14/h6H,1-5H3,(H,11,12,14). The maximum atomic E-state index is 5.26. The number of H-pyrrole nitrogens is 1. The zero-order chi connectivity index (χ0) is 10.9. The number of anilines is 1. The Kier molecular flexibility index (Phi) is 3.26. The first-order valence-electron chi connectivity index (χ1n) is 4.71. The van der Waals surface area contributed by atoms with E-state index in [1.165, 1.54) is 0 Å². The lowest BCUT2D eigenvalue weighted by molar-refractivity contribution is 0.816. The number of rotatable bonds is 2. The Bertz CT molecular complexity index is 379. The van der Waals surface area contributed by atoms with Crippen molar-refractivity contribution >= 4 is 18.2 Å². The third kappa shape index (κ3) is 2.12. The van der Waals surface area contributed by atoms with Crippen molar-refractivity contribution in [2.75, 3.05) is 19.0 Å². The van der Waals surface area contributed by atoms with Crippen molar-refractivity contribution in [1.82, 2.24) is 9.97 Å². The predicted molar refractivity (Wildman–Crippen MR) is 62.6 cm³/mol. The number of nitrogens with one attached hydrogen (secondary N) is 1. The first kappa shape index (κ1) is 11.2. The lowest BCUT2D eigenvalue weighted by atomic mass is 10.0. The summed E-state index contributed by atoms with van der Waals surface area (Å²) in [5.74, 6) is 1.24. The van der Waals surface area contributed by atoms with Crippen LogP contribution in [0.5, 0.6) is 0 Å². The number of aromatic nitrogens is 2. The summed E-state index contributed by atoms with van der Waals surface area (Å²) in [6.07, 6.45) is 0. The monoisotopic (exact) mass is 211 g/mol. The molecule has 0 bridgehead atoms. The molecular weight excluding hydrogens is 194 g/mol. The summed E-state index contributed by atoms with van der Waals surface area (Å²) in [4.78, 5) is 9.51. The molecule has 14 heavy (non-hydrogen) atoms. The molecule has 0 saturated heterocycles. The van der Waals surface area contributed by atoms with Gasteiger partial charge in [0.15, 0.2) is 0 Å². The second-order valence-electron chi connectivity index (χ2n) is 3.95. The van der Waals surface area contributed by atoms with Gasteiger partial charge in [-0.2, -0.15) is 0 Å². The minimum atomic E-state index is 0.419. The molecule has 0 saturated carbocycles. The summed E-state index contributed by atoms with van der Waals surface area (Å²) in [5, 5.41) is 0. The Morgan fingerprint density at radius 1 is 1.36 bits per heavy atom. The van der Waals surface area contributed by atoms with E-state index in [0.717, 1.165) is 17.2 Å². The van der Waals surface area contributed by atoms with Gasteiger partial charge in [-0.3, -0.25) is 0 Å². The van der Waals surface area contributed by atoms with Crippen LogP contribution in [-0.4, -0.2) is 24.1 Å². The Morgan fingerprint density at radius 2 is 1.93 bits per heavy atom. The Morgan fingerprint density at radius 3 is 2.29 bits per heavy atom. The van der Waals surface area contributed by atoms with E-state index in [-0.39, 0.29) is 0 Å². The van der Waals surface area contributed by atoms with Gasteiger partial charge in [-0.05, 0) is 12.8 Å². The molecule has 0 aromatic carbocycles. The average Bonchev–Trinajstić information content (AvgIpc) is 2.01. The Hall–Kier alpha value is -0.900. The zero-order valence-electron chi connectivity index (χ0n) is 9.38. The molecule has 0 spiro atoms.